The minimum absolute atomic E-state index is 0.00805. The molecule has 120 valence electrons. The number of nitrogens with one attached hydrogen (secondary N) is 1. The predicted molar refractivity (Wildman–Crippen MR) is 71.2 cm³/mol. The number of carbonyl (C=O) groups excluding carboxylic acids is 1. The molecule has 0 spiro atoms. The first-order chi connectivity index (χ1) is 10.2. The maximum Gasteiger partial charge on any atom is 0.451 e. The monoisotopic (exact) mass is 335 g/mol. The van der Waals surface area contributed by atoms with E-state index in [4.69, 9.17) is 4.52 Å². The molecule has 11 heteroatoms. The van der Waals surface area contributed by atoms with Crippen LogP contribution in [0.25, 0.3) is 0 Å². The molecule has 1 unspecified atom stereocenters. The summed E-state index contributed by atoms with van der Waals surface area (Å²) >= 11 is 0.860. The number of nitrogens with zero attached hydrogens (tertiary/aromatic N) is 4. The van der Waals surface area contributed by atoms with Crippen LogP contribution in [-0.4, -0.2) is 31.1 Å². The molecule has 2 heterocycles. The van der Waals surface area contributed by atoms with Crippen molar-refractivity contribution in [2.45, 2.75) is 30.4 Å². The average molecular weight is 335 g/mol. The number of amides is 1. The predicted octanol–water partition coefficient (Wildman–Crippen LogP) is 2.25. The second kappa shape index (κ2) is 5.99. The highest BCUT2D eigenvalue weighted by Crippen LogP contribution is 2.30. The number of rotatable bonds is 4. The third kappa shape index (κ3) is 3.59. The molecule has 2 rings (SSSR count). The van der Waals surface area contributed by atoms with Gasteiger partial charge in [0.25, 0.3) is 0 Å². The van der Waals surface area contributed by atoms with E-state index in [1.165, 1.54) is 20.0 Å². The van der Waals surface area contributed by atoms with Crippen LogP contribution in [0.3, 0.4) is 0 Å². The zero-order chi connectivity index (χ0) is 16.5. The molecule has 1 N–H and O–H groups in total. The number of alkyl halides is 3. The highest BCUT2D eigenvalue weighted by molar-refractivity contribution is 8.00. The molecule has 1 amide bonds. The van der Waals surface area contributed by atoms with Crippen molar-refractivity contribution in [3.05, 3.63) is 17.7 Å². The standard InChI is InChI=1S/C11H12F3N5O2S/c1-5-4-7(18-21-5)15-8(20)6(2)22-10-17-16-9(19(10)3)11(12,13)14/h4,6H,1-3H3,(H,15,18,20). The zero-order valence-corrected chi connectivity index (χ0v) is 12.6. The third-order valence-electron chi connectivity index (χ3n) is 2.62. The summed E-state index contributed by atoms with van der Waals surface area (Å²) < 4.78 is 43.5. The number of hydrogen-bond donors (Lipinski definition) is 1. The first-order valence-electron chi connectivity index (χ1n) is 6.06. The largest absolute Gasteiger partial charge is 0.451 e. The van der Waals surface area contributed by atoms with Crippen LogP contribution < -0.4 is 5.32 Å². The molecule has 0 saturated carbocycles. The molecule has 0 fully saturated rings. The number of thioether (sulfide) groups is 1. The Morgan fingerprint density at radius 2 is 2.14 bits per heavy atom. The molecule has 0 radical (unpaired) electrons. The fourth-order valence-corrected chi connectivity index (χ4v) is 2.34. The molecule has 2 aromatic rings. The Morgan fingerprint density at radius 3 is 2.64 bits per heavy atom. The highest BCUT2D eigenvalue weighted by Gasteiger charge is 2.37. The number of aryl methyl sites for hydroxylation is 1. The Hall–Kier alpha value is -2.04. The number of anilines is 1. The minimum atomic E-state index is -4.59. The lowest BCUT2D eigenvalue weighted by Crippen LogP contribution is -2.23. The smallest absolute Gasteiger partial charge is 0.360 e. The molecule has 0 aromatic carbocycles. The molecule has 0 saturated heterocycles. The molecular weight excluding hydrogens is 323 g/mol. The lowest BCUT2D eigenvalue weighted by Gasteiger charge is -2.10. The van der Waals surface area contributed by atoms with E-state index >= 15 is 0 Å². The lowest BCUT2D eigenvalue weighted by molar-refractivity contribution is -0.147. The van der Waals surface area contributed by atoms with Gasteiger partial charge in [0.15, 0.2) is 11.0 Å². The second-order valence-electron chi connectivity index (χ2n) is 4.44. The Bertz CT molecular complexity index is 682. The van der Waals surface area contributed by atoms with Gasteiger partial charge in [0.1, 0.15) is 5.76 Å². The first kappa shape index (κ1) is 16.3. The average Bonchev–Trinajstić information content (AvgIpc) is 2.96. The Kier molecular flexibility index (Phi) is 4.44. The van der Waals surface area contributed by atoms with E-state index in [-0.39, 0.29) is 11.0 Å². The molecule has 1 atom stereocenters. The fraction of sp³-hybridized carbons (Fsp3) is 0.455. The lowest BCUT2D eigenvalue weighted by atomic mass is 10.4. The maximum atomic E-state index is 12.6. The van der Waals surface area contributed by atoms with Crippen LogP contribution in [0.15, 0.2) is 15.7 Å². The van der Waals surface area contributed by atoms with Crippen molar-refractivity contribution in [3.63, 3.8) is 0 Å². The number of carbonyl (C=O) groups is 1. The van der Waals surface area contributed by atoms with Gasteiger partial charge in [0, 0.05) is 13.1 Å². The molecule has 22 heavy (non-hydrogen) atoms. The van der Waals surface area contributed by atoms with Gasteiger partial charge in [0.05, 0.1) is 5.25 Å². The van der Waals surface area contributed by atoms with Gasteiger partial charge in [-0.2, -0.15) is 13.2 Å². The van der Waals surface area contributed by atoms with Gasteiger partial charge < -0.3 is 14.4 Å². The Morgan fingerprint density at radius 1 is 1.45 bits per heavy atom. The van der Waals surface area contributed by atoms with Crippen molar-refractivity contribution in [1.29, 1.82) is 0 Å². The Balaban J connectivity index is 2.04. The molecule has 0 aliphatic carbocycles. The van der Waals surface area contributed by atoms with Gasteiger partial charge in [-0.05, 0) is 13.8 Å². The van der Waals surface area contributed by atoms with E-state index in [0.717, 1.165) is 16.3 Å². The topological polar surface area (TPSA) is 85.8 Å². The van der Waals surface area contributed by atoms with Crippen molar-refractivity contribution < 1.29 is 22.5 Å². The van der Waals surface area contributed by atoms with Gasteiger partial charge in [-0.1, -0.05) is 16.9 Å². The number of aromatic nitrogens is 4. The molecule has 0 aliphatic rings. The van der Waals surface area contributed by atoms with Crippen LogP contribution in [0.2, 0.25) is 0 Å². The number of hydrogen-bond acceptors (Lipinski definition) is 6. The van der Waals surface area contributed by atoms with E-state index in [2.05, 4.69) is 20.7 Å². The van der Waals surface area contributed by atoms with Gasteiger partial charge >= 0.3 is 6.18 Å². The normalized spacial score (nSPS) is 13.2. The van der Waals surface area contributed by atoms with Crippen molar-refractivity contribution >= 4 is 23.5 Å². The van der Waals surface area contributed by atoms with Crippen LogP contribution in [0.1, 0.15) is 18.5 Å². The Labute approximate surface area is 127 Å². The highest BCUT2D eigenvalue weighted by atomic mass is 32.2. The van der Waals surface area contributed by atoms with Gasteiger partial charge in [-0.3, -0.25) is 4.79 Å². The van der Waals surface area contributed by atoms with Crippen LogP contribution in [0, 0.1) is 6.92 Å². The zero-order valence-electron chi connectivity index (χ0n) is 11.8. The first-order valence-corrected chi connectivity index (χ1v) is 6.94. The van der Waals surface area contributed by atoms with Crippen molar-refractivity contribution in [2.24, 2.45) is 7.05 Å². The summed E-state index contributed by atoms with van der Waals surface area (Å²) in [5.41, 5.74) is 0. The summed E-state index contributed by atoms with van der Waals surface area (Å²) in [4.78, 5) is 11.9. The van der Waals surface area contributed by atoms with E-state index in [1.54, 1.807) is 6.92 Å². The third-order valence-corrected chi connectivity index (χ3v) is 3.75. The van der Waals surface area contributed by atoms with Crippen molar-refractivity contribution in [1.82, 2.24) is 19.9 Å². The summed E-state index contributed by atoms with van der Waals surface area (Å²) in [6, 6.07) is 1.53. The number of halogens is 3. The van der Waals surface area contributed by atoms with Crippen LogP contribution in [-0.2, 0) is 18.0 Å². The molecular formula is C11H12F3N5O2S. The van der Waals surface area contributed by atoms with Crippen LogP contribution in [0.5, 0.6) is 0 Å². The van der Waals surface area contributed by atoms with Gasteiger partial charge in [-0.25, -0.2) is 0 Å². The van der Waals surface area contributed by atoms with Crippen molar-refractivity contribution in [3.8, 4) is 0 Å². The van der Waals surface area contributed by atoms with E-state index in [9.17, 15) is 18.0 Å². The fourth-order valence-electron chi connectivity index (χ4n) is 1.53. The minimum Gasteiger partial charge on any atom is -0.360 e. The van der Waals surface area contributed by atoms with Crippen LogP contribution in [0.4, 0.5) is 19.0 Å². The summed E-state index contributed by atoms with van der Waals surface area (Å²) in [6.07, 6.45) is -4.59. The maximum absolute atomic E-state index is 12.6. The van der Waals surface area contributed by atoms with E-state index in [1.807, 2.05) is 0 Å². The van der Waals surface area contributed by atoms with E-state index in [0.29, 0.717) is 5.76 Å². The van der Waals surface area contributed by atoms with Crippen molar-refractivity contribution in [2.75, 3.05) is 5.32 Å². The quantitative estimate of drug-likeness (QED) is 0.863. The summed E-state index contributed by atoms with van der Waals surface area (Å²) in [7, 11) is 1.19. The van der Waals surface area contributed by atoms with Gasteiger partial charge in [-0.15, -0.1) is 10.2 Å². The van der Waals surface area contributed by atoms with Gasteiger partial charge in [0.2, 0.25) is 11.7 Å². The van der Waals surface area contributed by atoms with E-state index < -0.39 is 23.2 Å². The van der Waals surface area contributed by atoms with Crippen LogP contribution >= 0.6 is 11.8 Å². The summed E-state index contributed by atoms with van der Waals surface area (Å²) in [6.45, 7) is 3.20. The molecule has 2 aromatic heterocycles. The summed E-state index contributed by atoms with van der Waals surface area (Å²) in [5, 5.41) is 11.9. The molecule has 0 bridgehead atoms. The summed E-state index contributed by atoms with van der Waals surface area (Å²) in [5.74, 6) is -0.785. The second-order valence-corrected chi connectivity index (χ2v) is 5.74. The molecule has 7 nitrogen and oxygen atoms in total. The SMILES string of the molecule is Cc1cc(NC(=O)C(C)Sc2nnc(C(F)(F)F)n2C)no1. The molecule has 0 aliphatic heterocycles.